The van der Waals surface area contributed by atoms with Crippen LogP contribution in [0.2, 0.25) is 5.02 Å². The second-order valence-electron chi connectivity index (χ2n) is 2.31. The summed E-state index contributed by atoms with van der Waals surface area (Å²) in [5.74, 6) is -2.26. The van der Waals surface area contributed by atoms with Crippen molar-refractivity contribution in [1.82, 2.24) is 4.98 Å². The van der Waals surface area contributed by atoms with E-state index in [0.29, 0.717) is 0 Å². The number of pyridine rings is 1. The van der Waals surface area contributed by atoms with Crippen LogP contribution in [0.15, 0.2) is 18.3 Å². The Morgan fingerprint density at radius 3 is 2.50 bits per heavy atom. The van der Waals surface area contributed by atoms with Crippen LogP contribution < -0.4 is 5.32 Å². The molecule has 1 amide bonds. The molecule has 0 aliphatic carbocycles. The number of hydrogen-bond acceptors (Lipinski definition) is 2. The van der Waals surface area contributed by atoms with Crippen molar-refractivity contribution in [3.63, 3.8) is 0 Å². The molecule has 76 valence electrons. The van der Waals surface area contributed by atoms with Crippen molar-refractivity contribution in [2.75, 3.05) is 5.32 Å². The molecule has 0 bridgehead atoms. The molecule has 0 unspecified atom stereocenters. The predicted octanol–water partition coefficient (Wildman–Crippen LogP) is 2.24. The lowest BCUT2D eigenvalue weighted by atomic mass is 10.4. The SMILES string of the molecule is O=C(Nc1ccc(Cl)cn1)C(F)(F)F. The standard InChI is InChI=1S/C7H4ClF3N2O/c8-4-1-2-5(12-3-4)13-6(14)7(9,10)11/h1-3H,(H,12,13,14). The summed E-state index contributed by atoms with van der Waals surface area (Å²) < 4.78 is 35.2. The van der Waals surface area contributed by atoms with Crippen LogP contribution in [0.3, 0.4) is 0 Å². The van der Waals surface area contributed by atoms with E-state index in [1.807, 2.05) is 0 Å². The Kier molecular flexibility index (Phi) is 2.95. The second-order valence-corrected chi connectivity index (χ2v) is 2.75. The maximum Gasteiger partial charge on any atom is 0.471 e. The smallest absolute Gasteiger partial charge is 0.303 e. The van der Waals surface area contributed by atoms with Gasteiger partial charge in [-0.25, -0.2) is 4.98 Å². The lowest BCUT2D eigenvalue weighted by molar-refractivity contribution is -0.167. The van der Waals surface area contributed by atoms with E-state index in [1.165, 1.54) is 12.1 Å². The molecule has 0 fully saturated rings. The van der Waals surface area contributed by atoms with Crippen molar-refractivity contribution in [2.24, 2.45) is 0 Å². The van der Waals surface area contributed by atoms with Gasteiger partial charge in [-0.15, -0.1) is 0 Å². The predicted molar refractivity (Wildman–Crippen MR) is 43.9 cm³/mol. The van der Waals surface area contributed by atoms with Crippen LogP contribution >= 0.6 is 11.6 Å². The summed E-state index contributed by atoms with van der Waals surface area (Å²) in [5.41, 5.74) is 0. The maximum absolute atomic E-state index is 11.7. The Hall–Kier alpha value is -1.30. The molecule has 1 N–H and O–H groups in total. The highest BCUT2D eigenvalue weighted by atomic mass is 35.5. The van der Waals surface area contributed by atoms with Crippen LogP contribution in [0.4, 0.5) is 19.0 Å². The summed E-state index contributed by atoms with van der Waals surface area (Å²) >= 11 is 5.44. The number of alkyl halides is 3. The van der Waals surface area contributed by atoms with Crippen LogP contribution in [-0.4, -0.2) is 17.1 Å². The fourth-order valence-electron chi connectivity index (χ4n) is 0.637. The molecule has 0 spiro atoms. The molecule has 1 aromatic heterocycles. The Bertz CT molecular complexity index is 336. The number of nitrogens with one attached hydrogen (secondary N) is 1. The number of nitrogens with zero attached hydrogens (tertiary/aromatic N) is 1. The molecule has 1 heterocycles. The van der Waals surface area contributed by atoms with Gasteiger partial charge in [0, 0.05) is 6.20 Å². The molecule has 1 rings (SSSR count). The number of anilines is 1. The minimum absolute atomic E-state index is 0.197. The highest BCUT2D eigenvalue weighted by molar-refractivity contribution is 6.30. The topological polar surface area (TPSA) is 42.0 Å². The molecule has 0 radical (unpaired) electrons. The van der Waals surface area contributed by atoms with Gasteiger partial charge in [-0.1, -0.05) is 11.6 Å². The molecule has 3 nitrogen and oxygen atoms in total. The number of aromatic nitrogens is 1. The molecule has 14 heavy (non-hydrogen) atoms. The molecule has 0 aliphatic heterocycles. The maximum atomic E-state index is 11.7. The van der Waals surface area contributed by atoms with E-state index in [2.05, 4.69) is 4.98 Å². The summed E-state index contributed by atoms with van der Waals surface area (Å²) in [6.45, 7) is 0. The summed E-state index contributed by atoms with van der Waals surface area (Å²) in [6, 6.07) is 2.49. The number of amides is 1. The van der Waals surface area contributed by atoms with Crippen LogP contribution in [0.1, 0.15) is 0 Å². The van der Waals surface area contributed by atoms with Gasteiger partial charge in [0.2, 0.25) is 0 Å². The fourth-order valence-corrected chi connectivity index (χ4v) is 0.749. The zero-order valence-corrected chi connectivity index (χ0v) is 7.36. The van der Waals surface area contributed by atoms with Crippen LogP contribution in [0, 0.1) is 0 Å². The van der Waals surface area contributed by atoms with Crippen LogP contribution in [0.25, 0.3) is 0 Å². The molecule has 0 atom stereocenters. The van der Waals surface area contributed by atoms with Crippen molar-refractivity contribution >= 4 is 23.3 Å². The van der Waals surface area contributed by atoms with Crippen molar-refractivity contribution in [1.29, 1.82) is 0 Å². The zero-order chi connectivity index (χ0) is 10.8. The Balaban J connectivity index is 2.71. The van der Waals surface area contributed by atoms with Gasteiger partial charge in [-0.3, -0.25) is 4.79 Å². The first kappa shape index (κ1) is 10.8. The lowest BCUT2D eigenvalue weighted by Gasteiger charge is -2.06. The summed E-state index contributed by atoms with van der Waals surface area (Å²) in [6.07, 6.45) is -3.78. The second kappa shape index (κ2) is 3.83. The van der Waals surface area contributed by atoms with Gasteiger partial charge in [0.25, 0.3) is 0 Å². The Morgan fingerprint density at radius 1 is 1.43 bits per heavy atom. The fraction of sp³-hybridized carbons (Fsp3) is 0.143. The quantitative estimate of drug-likeness (QED) is 0.795. The van der Waals surface area contributed by atoms with Gasteiger partial charge in [0.1, 0.15) is 5.82 Å². The van der Waals surface area contributed by atoms with Gasteiger partial charge in [-0.05, 0) is 12.1 Å². The van der Waals surface area contributed by atoms with E-state index in [9.17, 15) is 18.0 Å². The van der Waals surface area contributed by atoms with E-state index in [1.54, 1.807) is 5.32 Å². The third kappa shape index (κ3) is 2.88. The number of carbonyl (C=O) groups is 1. The summed E-state index contributed by atoms with van der Waals surface area (Å²) in [4.78, 5) is 13.9. The van der Waals surface area contributed by atoms with Gasteiger partial charge >= 0.3 is 12.1 Å². The van der Waals surface area contributed by atoms with Gasteiger partial charge < -0.3 is 5.32 Å². The number of halogens is 4. The van der Waals surface area contributed by atoms with Crippen LogP contribution in [0.5, 0.6) is 0 Å². The van der Waals surface area contributed by atoms with Crippen molar-refractivity contribution in [3.05, 3.63) is 23.4 Å². The molecular weight excluding hydrogens is 221 g/mol. The minimum Gasteiger partial charge on any atom is -0.303 e. The molecule has 0 aliphatic rings. The third-order valence-corrected chi connectivity index (χ3v) is 1.45. The van der Waals surface area contributed by atoms with E-state index >= 15 is 0 Å². The number of hydrogen-bond donors (Lipinski definition) is 1. The van der Waals surface area contributed by atoms with Gasteiger partial charge in [0.15, 0.2) is 0 Å². The number of rotatable bonds is 1. The van der Waals surface area contributed by atoms with E-state index in [4.69, 9.17) is 11.6 Å². The van der Waals surface area contributed by atoms with Crippen LogP contribution in [-0.2, 0) is 4.79 Å². The first-order valence-electron chi connectivity index (χ1n) is 3.39. The summed E-state index contributed by atoms with van der Waals surface area (Å²) in [5, 5.41) is 1.85. The minimum atomic E-state index is -4.92. The average Bonchev–Trinajstić information content (AvgIpc) is 2.07. The molecule has 0 saturated heterocycles. The third-order valence-electron chi connectivity index (χ3n) is 1.23. The van der Waals surface area contributed by atoms with E-state index in [0.717, 1.165) is 6.20 Å². The highest BCUT2D eigenvalue weighted by Gasteiger charge is 2.38. The highest BCUT2D eigenvalue weighted by Crippen LogP contribution is 2.17. The first-order valence-corrected chi connectivity index (χ1v) is 3.77. The Morgan fingerprint density at radius 2 is 2.07 bits per heavy atom. The Labute approximate surface area is 81.9 Å². The summed E-state index contributed by atoms with van der Waals surface area (Å²) in [7, 11) is 0. The average molecular weight is 225 g/mol. The van der Waals surface area contributed by atoms with Gasteiger partial charge in [-0.2, -0.15) is 13.2 Å². The first-order chi connectivity index (χ1) is 6.39. The van der Waals surface area contributed by atoms with Gasteiger partial charge in [0.05, 0.1) is 5.02 Å². The monoisotopic (exact) mass is 224 g/mol. The van der Waals surface area contributed by atoms with Crippen molar-refractivity contribution in [2.45, 2.75) is 6.18 Å². The molecule has 0 saturated carbocycles. The van der Waals surface area contributed by atoms with E-state index in [-0.39, 0.29) is 10.8 Å². The zero-order valence-electron chi connectivity index (χ0n) is 6.60. The normalized spacial score (nSPS) is 11.1. The molecule has 1 aromatic rings. The largest absolute Gasteiger partial charge is 0.471 e. The molecule has 7 heteroatoms. The molecular formula is C7H4ClF3N2O. The number of carbonyl (C=O) groups excluding carboxylic acids is 1. The van der Waals surface area contributed by atoms with Crippen molar-refractivity contribution in [3.8, 4) is 0 Å². The van der Waals surface area contributed by atoms with E-state index < -0.39 is 12.1 Å². The lowest BCUT2D eigenvalue weighted by Crippen LogP contribution is -2.30. The molecule has 0 aromatic carbocycles. The van der Waals surface area contributed by atoms with Crippen molar-refractivity contribution < 1.29 is 18.0 Å².